The first kappa shape index (κ1) is 17.6. The van der Waals surface area contributed by atoms with Gasteiger partial charge in [0.15, 0.2) is 5.78 Å². The number of nitrogens with zero attached hydrogens (tertiary/aromatic N) is 1. The second-order valence-corrected chi connectivity index (χ2v) is 7.24. The molecule has 1 aliphatic heterocycles. The zero-order chi connectivity index (χ0) is 15.6. The zero-order valence-corrected chi connectivity index (χ0v) is 14.5. The van der Waals surface area contributed by atoms with Crippen LogP contribution in [-0.4, -0.2) is 41.0 Å². The molecule has 0 N–H and O–H groups in total. The lowest BCUT2D eigenvalue weighted by Gasteiger charge is -2.34. The molecule has 0 aromatic carbocycles. The SMILES string of the molecule is CCCCN(CC1C(=O)C(C)(C)OC1(C)C)C(C)CC. The summed E-state index contributed by atoms with van der Waals surface area (Å²) in [6, 6.07) is 0.522. The molecule has 0 aromatic rings. The van der Waals surface area contributed by atoms with Gasteiger partial charge >= 0.3 is 0 Å². The van der Waals surface area contributed by atoms with Crippen molar-refractivity contribution in [2.24, 2.45) is 5.92 Å². The van der Waals surface area contributed by atoms with E-state index in [1.165, 1.54) is 12.8 Å². The third-order valence-corrected chi connectivity index (χ3v) is 4.70. The van der Waals surface area contributed by atoms with Crippen LogP contribution in [0.2, 0.25) is 0 Å². The van der Waals surface area contributed by atoms with E-state index in [1.807, 2.05) is 13.8 Å². The second kappa shape index (κ2) is 6.57. The predicted octanol–water partition coefficient (Wildman–Crippen LogP) is 3.66. The Bertz CT molecular complexity index is 336. The van der Waals surface area contributed by atoms with Gasteiger partial charge < -0.3 is 4.74 Å². The molecule has 1 aliphatic rings. The first-order valence-electron chi connectivity index (χ1n) is 8.14. The molecule has 2 unspecified atom stereocenters. The van der Waals surface area contributed by atoms with Crippen molar-refractivity contribution in [2.45, 2.75) is 85.0 Å². The van der Waals surface area contributed by atoms with Gasteiger partial charge in [0.1, 0.15) is 5.60 Å². The fourth-order valence-electron chi connectivity index (χ4n) is 3.16. The third-order valence-electron chi connectivity index (χ3n) is 4.70. The summed E-state index contributed by atoms with van der Waals surface area (Å²) in [6.45, 7) is 16.5. The molecule has 0 amide bonds. The van der Waals surface area contributed by atoms with Crippen LogP contribution in [0.3, 0.4) is 0 Å². The van der Waals surface area contributed by atoms with Gasteiger partial charge in [-0.3, -0.25) is 9.69 Å². The van der Waals surface area contributed by atoms with Crippen LogP contribution in [0.5, 0.6) is 0 Å². The summed E-state index contributed by atoms with van der Waals surface area (Å²) < 4.78 is 6.00. The number of carbonyl (C=O) groups excluding carboxylic acids is 1. The van der Waals surface area contributed by atoms with Crippen LogP contribution in [0, 0.1) is 5.92 Å². The van der Waals surface area contributed by atoms with Gasteiger partial charge in [-0.25, -0.2) is 0 Å². The van der Waals surface area contributed by atoms with Gasteiger partial charge in [0.2, 0.25) is 0 Å². The summed E-state index contributed by atoms with van der Waals surface area (Å²) in [6.07, 6.45) is 3.50. The van der Waals surface area contributed by atoms with E-state index >= 15 is 0 Å². The van der Waals surface area contributed by atoms with Crippen molar-refractivity contribution in [1.29, 1.82) is 0 Å². The lowest BCUT2D eigenvalue weighted by molar-refractivity contribution is -0.132. The fraction of sp³-hybridized carbons (Fsp3) is 0.941. The largest absolute Gasteiger partial charge is 0.361 e. The number of ketones is 1. The molecule has 0 aromatic heterocycles. The van der Waals surface area contributed by atoms with Gasteiger partial charge in [0.25, 0.3) is 0 Å². The average Bonchev–Trinajstić information content (AvgIpc) is 2.50. The van der Waals surface area contributed by atoms with Crippen LogP contribution in [0.15, 0.2) is 0 Å². The number of ether oxygens (including phenoxy) is 1. The number of unbranched alkanes of at least 4 members (excludes halogenated alkanes) is 1. The Morgan fingerprint density at radius 1 is 1.25 bits per heavy atom. The molecule has 0 radical (unpaired) electrons. The van der Waals surface area contributed by atoms with E-state index in [-0.39, 0.29) is 17.3 Å². The summed E-state index contributed by atoms with van der Waals surface area (Å²) in [5.41, 5.74) is -1.00. The second-order valence-electron chi connectivity index (χ2n) is 7.24. The Hall–Kier alpha value is -0.410. The quantitative estimate of drug-likeness (QED) is 0.714. The summed E-state index contributed by atoms with van der Waals surface area (Å²) >= 11 is 0. The zero-order valence-electron chi connectivity index (χ0n) is 14.5. The Labute approximate surface area is 125 Å². The smallest absolute Gasteiger partial charge is 0.171 e. The third kappa shape index (κ3) is 3.82. The summed E-state index contributed by atoms with van der Waals surface area (Å²) in [5, 5.41) is 0. The lowest BCUT2D eigenvalue weighted by atomic mass is 9.85. The lowest BCUT2D eigenvalue weighted by Crippen LogP contribution is -2.44. The summed E-state index contributed by atoms with van der Waals surface area (Å²) in [7, 11) is 0. The first-order chi connectivity index (χ1) is 9.15. The minimum Gasteiger partial charge on any atom is -0.361 e. The average molecular weight is 283 g/mol. The Balaban J connectivity index is 2.83. The van der Waals surface area contributed by atoms with Crippen LogP contribution in [0.1, 0.15) is 67.7 Å². The first-order valence-corrected chi connectivity index (χ1v) is 8.14. The highest BCUT2D eigenvalue weighted by Crippen LogP contribution is 2.39. The van der Waals surface area contributed by atoms with Crippen LogP contribution in [0.4, 0.5) is 0 Å². The molecule has 0 spiro atoms. The van der Waals surface area contributed by atoms with E-state index in [2.05, 4.69) is 39.5 Å². The van der Waals surface area contributed by atoms with Gasteiger partial charge in [-0.15, -0.1) is 0 Å². The predicted molar refractivity (Wildman–Crippen MR) is 84.0 cm³/mol. The normalized spacial score (nSPS) is 26.2. The number of Topliss-reactive ketones (excluding diaryl/α,β-unsaturated/α-hetero) is 1. The van der Waals surface area contributed by atoms with Crippen molar-refractivity contribution in [3.8, 4) is 0 Å². The highest BCUT2D eigenvalue weighted by atomic mass is 16.5. The molecule has 1 saturated heterocycles. The minimum atomic E-state index is -0.639. The summed E-state index contributed by atoms with van der Waals surface area (Å²) in [4.78, 5) is 15.1. The molecule has 1 heterocycles. The molecule has 118 valence electrons. The maximum absolute atomic E-state index is 12.6. The van der Waals surface area contributed by atoms with Crippen molar-refractivity contribution < 1.29 is 9.53 Å². The van der Waals surface area contributed by atoms with E-state index in [0.29, 0.717) is 6.04 Å². The van der Waals surface area contributed by atoms with Gasteiger partial charge in [-0.05, 0) is 54.0 Å². The Morgan fingerprint density at radius 2 is 1.85 bits per heavy atom. The monoisotopic (exact) mass is 283 g/mol. The van der Waals surface area contributed by atoms with Crippen LogP contribution < -0.4 is 0 Å². The van der Waals surface area contributed by atoms with Crippen LogP contribution >= 0.6 is 0 Å². The molecule has 0 aliphatic carbocycles. The standard InChI is InChI=1S/C17H33NO2/c1-8-10-11-18(13(3)9-2)12-14-15(19)17(6,7)20-16(14,4)5/h13-14H,8-12H2,1-7H3. The maximum atomic E-state index is 12.6. The minimum absolute atomic E-state index is 0.0247. The molecule has 3 heteroatoms. The molecule has 3 nitrogen and oxygen atoms in total. The van der Waals surface area contributed by atoms with Gasteiger partial charge in [0.05, 0.1) is 11.5 Å². The molecule has 0 bridgehead atoms. The highest BCUT2D eigenvalue weighted by molar-refractivity contribution is 5.91. The van der Waals surface area contributed by atoms with Gasteiger partial charge in [-0.2, -0.15) is 0 Å². The molecular weight excluding hydrogens is 250 g/mol. The van der Waals surface area contributed by atoms with Gasteiger partial charge in [0, 0.05) is 12.6 Å². The van der Waals surface area contributed by atoms with Crippen LogP contribution in [0.25, 0.3) is 0 Å². The number of hydrogen-bond acceptors (Lipinski definition) is 3. The van der Waals surface area contributed by atoms with E-state index in [0.717, 1.165) is 19.5 Å². The molecule has 1 rings (SSSR count). The van der Waals surface area contributed by atoms with Crippen molar-refractivity contribution in [3.63, 3.8) is 0 Å². The Kier molecular flexibility index (Phi) is 5.79. The van der Waals surface area contributed by atoms with Crippen molar-refractivity contribution in [1.82, 2.24) is 4.90 Å². The van der Waals surface area contributed by atoms with Crippen molar-refractivity contribution in [3.05, 3.63) is 0 Å². The molecule has 20 heavy (non-hydrogen) atoms. The number of rotatable bonds is 7. The highest BCUT2D eigenvalue weighted by Gasteiger charge is 2.53. The topological polar surface area (TPSA) is 29.5 Å². The fourth-order valence-corrected chi connectivity index (χ4v) is 3.16. The number of carbonyl (C=O) groups is 1. The molecule has 1 fully saturated rings. The van der Waals surface area contributed by atoms with Gasteiger partial charge in [-0.1, -0.05) is 20.3 Å². The molecule has 2 atom stereocenters. The number of hydrogen-bond donors (Lipinski definition) is 0. The summed E-state index contributed by atoms with van der Waals surface area (Å²) in [5.74, 6) is 0.232. The molecular formula is C17H33NO2. The van der Waals surface area contributed by atoms with E-state index < -0.39 is 5.60 Å². The maximum Gasteiger partial charge on any atom is 0.171 e. The van der Waals surface area contributed by atoms with Crippen molar-refractivity contribution >= 4 is 5.78 Å². The van der Waals surface area contributed by atoms with Crippen LogP contribution in [-0.2, 0) is 9.53 Å². The van der Waals surface area contributed by atoms with E-state index in [4.69, 9.17) is 4.74 Å². The Morgan fingerprint density at radius 3 is 2.25 bits per heavy atom. The molecule has 0 saturated carbocycles. The van der Waals surface area contributed by atoms with E-state index in [9.17, 15) is 4.79 Å². The van der Waals surface area contributed by atoms with E-state index in [1.54, 1.807) is 0 Å². The van der Waals surface area contributed by atoms with Crippen molar-refractivity contribution in [2.75, 3.05) is 13.1 Å².